The van der Waals surface area contributed by atoms with Crippen LogP contribution >= 0.6 is 0 Å². The number of hydrogen-bond acceptors (Lipinski definition) is 5. The molecule has 3 aromatic rings. The van der Waals surface area contributed by atoms with Crippen molar-refractivity contribution in [2.45, 2.75) is 76.7 Å². The van der Waals surface area contributed by atoms with Crippen molar-refractivity contribution in [2.24, 2.45) is 23.2 Å². The second-order valence-corrected chi connectivity index (χ2v) is 13.8. The van der Waals surface area contributed by atoms with Gasteiger partial charge in [0.05, 0.1) is 22.2 Å². The van der Waals surface area contributed by atoms with E-state index in [4.69, 9.17) is 4.98 Å². The van der Waals surface area contributed by atoms with Crippen molar-refractivity contribution in [1.29, 1.82) is 0 Å². The lowest BCUT2D eigenvalue weighted by molar-refractivity contribution is 0.0446. The number of carbonyl (C=O) groups is 1. The number of ketones is 1. The SMILES string of the molecule is CC1(O)CCCN(c2ccc3c(=O)c(C(=O)CC45CCC6CC(CC(C6)C4)C5)cn(-c4ccc(F)cc4F)c3n2)C1. The first-order valence-electron chi connectivity index (χ1n) is 15.1. The molecule has 1 aliphatic heterocycles. The molecular weight excluding hydrogens is 524 g/mol. The number of rotatable bonds is 5. The summed E-state index contributed by atoms with van der Waals surface area (Å²) in [6, 6.07) is 6.65. The third-order valence-corrected chi connectivity index (χ3v) is 10.4. The predicted octanol–water partition coefficient (Wildman–Crippen LogP) is 6.19. The van der Waals surface area contributed by atoms with Gasteiger partial charge in [-0.15, -0.1) is 0 Å². The normalized spacial score (nSPS) is 31.0. The maximum absolute atomic E-state index is 15.2. The summed E-state index contributed by atoms with van der Waals surface area (Å²) in [6.45, 7) is 2.85. The highest BCUT2D eigenvalue weighted by Crippen LogP contribution is 2.58. The molecule has 0 radical (unpaired) electrons. The van der Waals surface area contributed by atoms with Gasteiger partial charge < -0.3 is 10.0 Å². The van der Waals surface area contributed by atoms with Gasteiger partial charge in [-0.3, -0.25) is 14.2 Å². The molecule has 4 bridgehead atoms. The Labute approximate surface area is 238 Å². The zero-order valence-corrected chi connectivity index (χ0v) is 23.5. The summed E-state index contributed by atoms with van der Waals surface area (Å²) in [5, 5.41) is 10.9. The number of aliphatic hydroxyl groups is 1. The monoisotopic (exact) mass is 561 g/mol. The van der Waals surface area contributed by atoms with Crippen molar-refractivity contribution in [3.05, 3.63) is 63.9 Å². The minimum atomic E-state index is -0.871. The minimum absolute atomic E-state index is 0.0203. The van der Waals surface area contributed by atoms with E-state index in [2.05, 4.69) is 0 Å². The molecule has 3 heterocycles. The fourth-order valence-corrected chi connectivity index (χ4v) is 8.81. The summed E-state index contributed by atoms with van der Waals surface area (Å²) in [7, 11) is 0. The zero-order chi connectivity index (χ0) is 28.5. The molecule has 0 spiro atoms. The van der Waals surface area contributed by atoms with Crippen molar-refractivity contribution in [1.82, 2.24) is 9.55 Å². The molecular formula is C33H37F2N3O3. The van der Waals surface area contributed by atoms with Crippen LogP contribution in [0.1, 0.15) is 81.5 Å². The van der Waals surface area contributed by atoms with Crippen LogP contribution < -0.4 is 10.3 Å². The first-order chi connectivity index (χ1) is 19.6. The molecule has 1 N–H and O–H groups in total. The highest BCUT2D eigenvalue weighted by molar-refractivity contribution is 5.99. The number of hydrogen-bond donors (Lipinski definition) is 1. The number of aromatic nitrogens is 2. The van der Waals surface area contributed by atoms with E-state index >= 15 is 4.39 Å². The van der Waals surface area contributed by atoms with E-state index in [9.17, 15) is 19.1 Å². The van der Waals surface area contributed by atoms with Crippen molar-refractivity contribution in [2.75, 3.05) is 18.0 Å². The number of halogens is 2. The molecule has 1 saturated heterocycles. The van der Waals surface area contributed by atoms with Crippen LogP contribution in [0.4, 0.5) is 14.6 Å². The van der Waals surface area contributed by atoms with E-state index in [0.717, 1.165) is 50.2 Å². The number of fused-ring (bicyclic) bond motifs is 2. The summed E-state index contributed by atoms with van der Waals surface area (Å²) in [6.07, 6.45) is 11.3. The molecule has 2 aromatic heterocycles. The van der Waals surface area contributed by atoms with Crippen molar-refractivity contribution >= 4 is 22.6 Å². The molecule has 8 rings (SSSR count). The van der Waals surface area contributed by atoms with Crippen LogP contribution in [0.15, 0.2) is 41.3 Å². The van der Waals surface area contributed by atoms with Crippen LogP contribution in [0.25, 0.3) is 16.7 Å². The number of anilines is 1. The van der Waals surface area contributed by atoms with Gasteiger partial charge in [0.25, 0.3) is 0 Å². The second-order valence-electron chi connectivity index (χ2n) is 13.8. The van der Waals surface area contributed by atoms with Crippen LogP contribution in [0.3, 0.4) is 0 Å². The molecule has 3 unspecified atom stereocenters. The van der Waals surface area contributed by atoms with Crippen LogP contribution in [0, 0.1) is 34.8 Å². The fourth-order valence-electron chi connectivity index (χ4n) is 8.81. The van der Waals surface area contributed by atoms with Crippen LogP contribution in [0.5, 0.6) is 0 Å². The van der Waals surface area contributed by atoms with Gasteiger partial charge in [0.15, 0.2) is 11.4 Å². The third kappa shape index (κ3) is 4.88. The van der Waals surface area contributed by atoms with Gasteiger partial charge in [0, 0.05) is 31.8 Å². The summed E-state index contributed by atoms with van der Waals surface area (Å²) in [5.74, 6) is 0.931. The number of β-amino-alcohol motifs (C(OH)–C–C–N with tert-alkyl or cyclic N) is 1. The van der Waals surface area contributed by atoms with Gasteiger partial charge >= 0.3 is 0 Å². The summed E-state index contributed by atoms with van der Waals surface area (Å²) in [4.78, 5) is 34.6. The van der Waals surface area contributed by atoms with E-state index < -0.39 is 22.7 Å². The van der Waals surface area contributed by atoms with Crippen molar-refractivity contribution in [3.63, 3.8) is 0 Å². The van der Waals surface area contributed by atoms with E-state index in [0.29, 0.717) is 43.6 Å². The molecule has 41 heavy (non-hydrogen) atoms. The molecule has 0 amide bonds. The van der Waals surface area contributed by atoms with Gasteiger partial charge in [-0.05, 0) is 112 Å². The van der Waals surface area contributed by atoms with Gasteiger partial charge in [-0.25, -0.2) is 13.8 Å². The molecule has 216 valence electrons. The molecule has 1 aromatic carbocycles. The number of Topliss-reactive ketones (excluding diaryl/α,β-unsaturated/α-hetero) is 1. The Bertz CT molecular complexity index is 1580. The summed E-state index contributed by atoms with van der Waals surface area (Å²) >= 11 is 0. The first kappa shape index (κ1) is 26.7. The van der Waals surface area contributed by atoms with Gasteiger partial charge in [0.1, 0.15) is 17.5 Å². The van der Waals surface area contributed by atoms with Crippen molar-refractivity contribution in [3.8, 4) is 5.69 Å². The average Bonchev–Trinajstić information content (AvgIpc) is 3.11. The Hall–Kier alpha value is -3.13. The topological polar surface area (TPSA) is 75.4 Å². The van der Waals surface area contributed by atoms with Crippen LogP contribution in [-0.4, -0.2) is 39.1 Å². The molecule has 4 saturated carbocycles. The van der Waals surface area contributed by atoms with E-state index in [-0.39, 0.29) is 33.5 Å². The second kappa shape index (κ2) is 9.72. The molecule has 6 nitrogen and oxygen atoms in total. The minimum Gasteiger partial charge on any atom is -0.388 e. The summed E-state index contributed by atoms with van der Waals surface area (Å²) in [5.41, 5.74) is -1.10. The average molecular weight is 562 g/mol. The standard InChI is InChI=1S/C33H37F2N3O3/c1-32(41)8-2-10-37(19-32)29-6-4-24-30(40)25(18-38(31(24)36-29)27-5-3-23(34)14-26(27)35)28(39)17-33-9-7-20-11-21(15-33)13-22(12-20)16-33/h3-6,14,18,20-22,41H,2,7-13,15-17,19H2,1H3. The Balaban J connectivity index is 1.32. The van der Waals surface area contributed by atoms with Crippen LogP contribution in [-0.2, 0) is 0 Å². The maximum Gasteiger partial charge on any atom is 0.201 e. The molecule has 5 fully saturated rings. The van der Waals surface area contributed by atoms with Gasteiger partial charge in [-0.1, -0.05) is 0 Å². The zero-order valence-electron chi connectivity index (χ0n) is 23.5. The Morgan fingerprint density at radius 2 is 1.83 bits per heavy atom. The number of nitrogens with zero attached hydrogens (tertiary/aromatic N) is 3. The third-order valence-electron chi connectivity index (χ3n) is 10.4. The van der Waals surface area contributed by atoms with Gasteiger partial charge in [0.2, 0.25) is 5.43 Å². The number of carbonyl (C=O) groups excluding carboxylic acids is 1. The largest absolute Gasteiger partial charge is 0.388 e. The fraction of sp³-hybridized carbons (Fsp3) is 0.545. The quantitative estimate of drug-likeness (QED) is 0.376. The predicted molar refractivity (Wildman–Crippen MR) is 153 cm³/mol. The van der Waals surface area contributed by atoms with Crippen molar-refractivity contribution < 1.29 is 18.7 Å². The van der Waals surface area contributed by atoms with Gasteiger partial charge in [-0.2, -0.15) is 0 Å². The molecule has 4 aliphatic carbocycles. The number of piperidine rings is 1. The highest BCUT2D eigenvalue weighted by Gasteiger charge is 2.48. The Kier molecular flexibility index (Phi) is 6.34. The molecule has 5 aliphatic rings. The highest BCUT2D eigenvalue weighted by atomic mass is 19.1. The number of benzene rings is 1. The molecule has 3 atom stereocenters. The number of pyridine rings is 2. The van der Waals surface area contributed by atoms with Crippen LogP contribution in [0.2, 0.25) is 0 Å². The first-order valence-corrected chi connectivity index (χ1v) is 15.1. The lowest BCUT2D eigenvalue weighted by Gasteiger charge is -2.45. The maximum atomic E-state index is 15.2. The Morgan fingerprint density at radius 3 is 2.56 bits per heavy atom. The Morgan fingerprint density at radius 1 is 1.07 bits per heavy atom. The van der Waals surface area contributed by atoms with E-state index in [1.807, 2.05) is 4.90 Å². The molecule has 8 heteroatoms. The lowest BCUT2D eigenvalue weighted by atomic mass is 9.60. The lowest BCUT2D eigenvalue weighted by Crippen LogP contribution is -2.46. The van der Waals surface area contributed by atoms with E-state index in [1.54, 1.807) is 19.1 Å². The smallest absolute Gasteiger partial charge is 0.201 e. The van der Waals surface area contributed by atoms with E-state index in [1.165, 1.54) is 36.1 Å². The summed E-state index contributed by atoms with van der Waals surface area (Å²) < 4.78 is 30.5.